The Hall–Kier alpha value is -0.850. The summed E-state index contributed by atoms with van der Waals surface area (Å²) in [6.45, 7) is 5.83. The van der Waals surface area contributed by atoms with Crippen LogP contribution in [0.1, 0.15) is 23.6 Å². The topological polar surface area (TPSA) is 0 Å². The van der Waals surface area contributed by atoms with Crippen molar-refractivity contribution in [1.82, 2.24) is 0 Å². The van der Waals surface area contributed by atoms with Crippen LogP contribution in [0.5, 0.6) is 0 Å². The Morgan fingerprint density at radius 1 is 1.18 bits per heavy atom. The molecule has 0 N–H and O–H groups in total. The molecule has 1 aromatic rings. The average Bonchev–Trinajstić information content (AvgIpc) is 1.97. The summed E-state index contributed by atoms with van der Waals surface area (Å²) in [5.41, 5.74) is 3.03. The molecule has 0 nitrogen and oxygen atoms in total. The Kier molecular flexibility index (Phi) is 2.28. The van der Waals surface area contributed by atoms with Gasteiger partial charge in [0.2, 0.25) is 0 Å². The van der Waals surface area contributed by atoms with Gasteiger partial charge in [0.1, 0.15) is 5.82 Å². The van der Waals surface area contributed by atoms with E-state index >= 15 is 0 Å². The van der Waals surface area contributed by atoms with Crippen molar-refractivity contribution >= 4 is 0 Å². The lowest BCUT2D eigenvalue weighted by molar-refractivity contribution is 0.616. The molecular formula is C10H13F. The van der Waals surface area contributed by atoms with Crippen LogP contribution in [0.15, 0.2) is 12.1 Å². The first-order chi connectivity index (χ1) is 5.15. The fraction of sp³-hybridized carbons (Fsp3) is 0.400. The highest BCUT2D eigenvalue weighted by atomic mass is 19.1. The highest BCUT2D eigenvalue weighted by molar-refractivity contribution is 5.31. The van der Waals surface area contributed by atoms with E-state index in [1.807, 2.05) is 13.0 Å². The van der Waals surface area contributed by atoms with Gasteiger partial charge in [0.25, 0.3) is 0 Å². The minimum Gasteiger partial charge on any atom is -0.207 e. The molecule has 0 aliphatic heterocycles. The number of rotatable bonds is 1. The molecular weight excluding hydrogens is 139 g/mol. The Morgan fingerprint density at radius 2 is 1.82 bits per heavy atom. The lowest BCUT2D eigenvalue weighted by Crippen LogP contribution is -1.91. The van der Waals surface area contributed by atoms with Crippen LogP contribution in [0.3, 0.4) is 0 Å². The normalized spacial score (nSPS) is 10.2. The molecule has 0 fully saturated rings. The maximum Gasteiger partial charge on any atom is 0.126 e. The first kappa shape index (κ1) is 8.25. The number of hydrogen-bond donors (Lipinski definition) is 0. The minimum atomic E-state index is -0.0975. The number of halogens is 1. The summed E-state index contributed by atoms with van der Waals surface area (Å²) >= 11 is 0. The Labute approximate surface area is 67.1 Å². The van der Waals surface area contributed by atoms with Gasteiger partial charge in [0, 0.05) is 0 Å². The van der Waals surface area contributed by atoms with Gasteiger partial charge >= 0.3 is 0 Å². The first-order valence-electron chi connectivity index (χ1n) is 3.90. The Balaban J connectivity index is 3.21. The molecule has 0 aromatic heterocycles. The molecule has 0 saturated carbocycles. The summed E-state index contributed by atoms with van der Waals surface area (Å²) in [5, 5.41) is 0. The molecule has 0 unspecified atom stereocenters. The maximum atomic E-state index is 12.9. The van der Waals surface area contributed by atoms with E-state index in [2.05, 4.69) is 6.92 Å². The van der Waals surface area contributed by atoms with E-state index in [9.17, 15) is 4.39 Å². The van der Waals surface area contributed by atoms with Crippen LogP contribution in [0.25, 0.3) is 0 Å². The van der Waals surface area contributed by atoms with Crippen molar-refractivity contribution < 1.29 is 4.39 Å². The molecule has 1 rings (SSSR count). The van der Waals surface area contributed by atoms with Crippen molar-refractivity contribution in [2.75, 3.05) is 0 Å². The van der Waals surface area contributed by atoms with E-state index in [-0.39, 0.29) is 5.82 Å². The molecule has 0 bridgehead atoms. The van der Waals surface area contributed by atoms with Gasteiger partial charge in [-0.1, -0.05) is 13.0 Å². The molecule has 0 radical (unpaired) electrons. The molecule has 0 amide bonds. The largest absolute Gasteiger partial charge is 0.207 e. The molecule has 60 valence electrons. The Morgan fingerprint density at radius 3 is 2.36 bits per heavy atom. The van der Waals surface area contributed by atoms with Crippen LogP contribution in [0.2, 0.25) is 0 Å². The summed E-state index contributed by atoms with van der Waals surface area (Å²) < 4.78 is 12.9. The van der Waals surface area contributed by atoms with E-state index in [1.54, 1.807) is 13.0 Å². The third-order valence-corrected chi connectivity index (χ3v) is 2.00. The van der Waals surface area contributed by atoms with Crippen molar-refractivity contribution in [2.24, 2.45) is 0 Å². The van der Waals surface area contributed by atoms with Crippen LogP contribution in [-0.4, -0.2) is 0 Å². The molecule has 0 aliphatic carbocycles. The van der Waals surface area contributed by atoms with E-state index in [0.717, 1.165) is 17.5 Å². The van der Waals surface area contributed by atoms with E-state index < -0.39 is 0 Å². The molecule has 0 aliphatic rings. The van der Waals surface area contributed by atoms with Crippen LogP contribution in [0.4, 0.5) is 4.39 Å². The van der Waals surface area contributed by atoms with Gasteiger partial charge in [-0.15, -0.1) is 0 Å². The van der Waals surface area contributed by atoms with Gasteiger partial charge < -0.3 is 0 Å². The second kappa shape index (κ2) is 3.04. The highest BCUT2D eigenvalue weighted by Crippen LogP contribution is 2.14. The van der Waals surface area contributed by atoms with Crippen molar-refractivity contribution in [2.45, 2.75) is 27.2 Å². The van der Waals surface area contributed by atoms with Gasteiger partial charge in [-0.05, 0) is 43.0 Å². The molecule has 0 saturated heterocycles. The lowest BCUT2D eigenvalue weighted by atomic mass is 10.0. The third kappa shape index (κ3) is 1.59. The van der Waals surface area contributed by atoms with Crippen LogP contribution in [-0.2, 0) is 6.42 Å². The predicted molar refractivity (Wildman–Crippen MR) is 45.3 cm³/mol. The fourth-order valence-electron chi connectivity index (χ4n) is 1.22. The standard InChI is InChI=1S/C10H13F/c1-4-9-5-8(3)10(11)6-7(9)2/h5-6H,4H2,1-3H3. The zero-order valence-corrected chi connectivity index (χ0v) is 7.24. The van der Waals surface area contributed by atoms with Crippen LogP contribution < -0.4 is 0 Å². The SMILES string of the molecule is CCc1cc(C)c(F)cc1C. The Bertz CT molecular complexity index is 264. The summed E-state index contributed by atoms with van der Waals surface area (Å²) in [5.74, 6) is -0.0975. The molecule has 11 heavy (non-hydrogen) atoms. The van der Waals surface area contributed by atoms with E-state index in [4.69, 9.17) is 0 Å². The van der Waals surface area contributed by atoms with Crippen molar-refractivity contribution in [3.05, 3.63) is 34.6 Å². The fourth-order valence-corrected chi connectivity index (χ4v) is 1.22. The zero-order valence-electron chi connectivity index (χ0n) is 7.24. The number of aryl methyl sites for hydroxylation is 3. The summed E-state index contributed by atoms with van der Waals surface area (Å²) in [7, 11) is 0. The minimum absolute atomic E-state index is 0.0975. The van der Waals surface area contributed by atoms with E-state index in [1.165, 1.54) is 5.56 Å². The lowest BCUT2D eigenvalue weighted by Gasteiger charge is -2.04. The molecule has 0 heterocycles. The number of benzene rings is 1. The maximum absolute atomic E-state index is 12.9. The molecule has 0 spiro atoms. The summed E-state index contributed by atoms with van der Waals surface area (Å²) in [4.78, 5) is 0. The summed E-state index contributed by atoms with van der Waals surface area (Å²) in [6, 6.07) is 3.53. The predicted octanol–water partition coefficient (Wildman–Crippen LogP) is 3.00. The van der Waals surface area contributed by atoms with Crippen molar-refractivity contribution in [1.29, 1.82) is 0 Å². The second-order valence-corrected chi connectivity index (χ2v) is 2.88. The van der Waals surface area contributed by atoms with Gasteiger partial charge in [-0.3, -0.25) is 0 Å². The smallest absolute Gasteiger partial charge is 0.126 e. The van der Waals surface area contributed by atoms with Crippen LogP contribution >= 0.6 is 0 Å². The molecule has 1 aromatic carbocycles. The van der Waals surface area contributed by atoms with Crippen molar-refractivity contribution in [3.8, 4) is 0 Å². The van der Waals surface area contributed by atoms with E-state index in [0.29, 0.717) is 0 Å². The van der Waals surface area contributed by atoms with Crippen molar-refractivity contribution in [3.63, 3.8) is 0 Å². The van der Waals surface area contributed by atoms with Gasteiger partial charge in [-0.2, -0.15) is 0 Å². The first-order valence-corrected chi connectivity index (χ1v) is 3.90. The van der Waals surface area contributed by atoms with Gasteiger partial charge in [-0.25, -0.2) is 4.39 Å². The number of hydrogen-bond acceptors (Lipinski definition) is 0. The van der Waals surface area contributed by atoms with Gasteiger partial charge in [0.15, 0.2) is 0 Å². The molecule has 0 atom stereocenters. The van der Waals surface area contributed by atoms with Crippen LogP contribution in [0, 0.1) is 19.7 Å². The zero-order chi connectivity index (χ0) is 8.43. The summed E-state index contributed by atoms with van der Waals surface area (Å²) in [6.07, 6.45) is 0.979. The van der Waals surface area contributed by atoms with Gasteiger partial charge in [0.05, 0.1) is 0 Å². The average molecular weight is 152 g/mol. The monoisotopic (exact) mass is 152 g/mol. The highest BCUT2D eigenvalue weighted by Gasteiger charge is 2.01. The quantitative estimate of drug-likeness (QED) is 0.580. The third-order valence-electron chi connectivity index (χ3n) is 2.00. The molecule has 1 heteroatoms. The second-order valence-electron chi connectivity index (χ2n) is 2.88.